The minimum atomic E-state index is -2.44. The quantitative estimate of drug-likeness (QED) is 0.231. The number of phenolic OH excluding ortho intramolecular Hbond substituents is 1. The molecule has 4 heteroatoms. The summed E-state index contributed by atoms with van der Waals surface area (Å²) >= 11 is -2.44. The first-order valence-corrected chi connectivity index (χ1v) is 23.3. The van der Waals surface area contributed by atoms with Crippen LogP contribution in [0.3, 0.4) is 0 Å². The first kappa shape index (κ1) is 29.5. The number of aliphatic hydroxyl groups is 1. The molecular formula is C33H54O3Sn. The Morgan fingerprint density at radius 2 is 1.65 bits per heavy atom. The molecule has 37 heavy (non-hydrogen) atoms. The van der Waals surface area contributed by atoms with E-state index in [1.807, 2.05) is 7.11 Å². The number of methoxy groups -OCH3 is 1. The minimum absolute atomic E-state index is 0.0229. The Morgan fingerprint density at radius 1 is 1.00 bits per heavy atom. The van der Waals surface area contributed by atoms with Crippen molar-refractivity contribution >= 4 is 24.5 Å². The average molecular weight is 618 g/mol. The molecule has 1 aromatic rings. The van der Waals surface area contributed by atoms with Crippen molar-refractivity contribution in [1.29, 1.82) is 0 Å². The molecule has 0 amide bonds. The fraction of sp³-hybridized carbons (Fsp3) is 0.758. The number of aliphatic hydroxyl groups excluding tert-OH is 1. The number of hydrogen-bond donors (Lipinski definition) is 2. The van der Waals surface area contributed by atoms with Gasteiger partial charge in [0, 0.05) is 0 Å². The summed E-state index contributed by atoms with van der Waals surface area (Å²) in [5.74, 6) is 1.96. The number of ether oxygens (including phenoxy) is 1. The number of unbranched alkanes of at least 4 members (excludes halogenated alkanes) is 3. The summed E-state index contributed by atoms with van der Waals surface area (Å²) in [5, 5.41) is 22.0. The molecule has 0 radical (unpaired) electrons. The van der Waals surface area contributed by atoms with E-state index in [0.29, 0.717) is 23.5 Å². The van der Waals surface area contributed by atoms with E-state index in [4.69, 9.17) is 4.74 Å². The predicted molar refractivity (Wildman–Crippen MR) is 159 cm³/mol. The van der Waals surface area contributed by atoms with Gasteiger partial charge < -0.3 is 0 Å². The first-order chi connectivity index (χ1) is 17.8. The Balaban J connectivity index is 1.68. The molecule has 2 saturated carbocycles. The van der Waals surface area contributed by atoms with E-state index in [-0.39, 0.29) is 17.6 Å². The maximum absolute atomic E-state index is 11.1. The third-order valence-corrected chi connectivity index (χ3v) is 24.8. The molecule has 6 atom stereocenters. The third-order valence-electron chi connectivity index (χ3n) is 10.8. The molecule has 0 spiro atoms. The molecule has 0 unspecified atom stereocenters. The molecule has 4 rings (SSSR count). The molecule has 0 saturated heterocycles. The summed E-state index contributed by atoms with van der Waals surface area (Å²) < 4.78 is 13.2. The van der Waals surface area contributed by atoms with Crippen LogP contribution in [-0.4, -0.2) is 47.9 Å². The van der Waals surface area contributed by atoms with Crippen LogP contribution in [0.5, 0.6) is 5.75 Å². The second-order valence-electron chi connectivity index (χ2n) is 13.0. The predicted octanol–water partition coefficient (Wildman–Crippen LogP) is 8.64. The topological polar surface area (TPSA) is 49.7 Å². The van der Waals surface area contributed by atoms with Gasteiger partial charge in [-0.25, -0.2) is 0 Å². The Bertz CT molecular complexity index is 905. The second kappa shape index (κ2) is 12.8. The van der Waals surface area contributed by atoms with Crippen LogP contribution in [0.4, 0.5) is 0 Å². The van der Waals surface area contributed by atoms with E-state index >= 15 is 0 Å². The van der Waals surface area contributed by atoms with E-state index in [0.717, 1.165) is 37.7 Å². The van der Waals surface area contributed by atoms with Crippen molar-refractivity contribution in [3.8, 4) is 5.75 Å². The fourth-order valence-corrected chi connectivity index (χ4v) is 22.6. The van der Waals surface area contributed by atoms with Crippen LogP contribution in [0.2, 0.25) is 13.3 Å². The number of benzene rings is 1. The summed E-state index contributed by atoms with van der Waals surface area (Å²) in [6, 6.07) is 4.42. The summed E-state index contributed by atoms with van der Waals surface area (Å²) in [4.78, 5) is 0. The van der Waals surface area contributed by atoms with Crippen molar-refractivity contribution in [2.75, 3.05) is 7.11 Å². The molecule has 0 bridgehead atoms. The number of rotatable bonds is 12. The van der Waals surface area contributed by atoms with E-state index in [1.165, 1.54) is 63.0 Å². The standard InChI is InChI=1S/C21H27O3.3C4H9.Sn/c1-4-12-9-15-13(10-17(12)22)5-6-14-16-7-8-19(23)21(16,2)11-18(24-3)20(14)15;3*1-3-4-2;/h1,4,9-10,14,16,18-20,22-23H,5-8,11H2,2-3H3;3*1,3-4H2,2H3;/t14-,16-,18-,19-,20-,21-;;;;/m0..../s1. The van der Waals surface area contributed by atoms with Gasteiger partial charge in [-0.15, -0.1) is 0 Å². The van der Waals surface area contributed by atoms with Gasteiger partial charge in [-0.05, 0) is 0 Å². The molecule has 1 aromatic carbocycles. The molecule has 0 aliphatic heterocycles. The number of hydrogen-bond acceptors (Lipinski definition) is 3. The van der Waals surface area contributed by atoms with Gasteiger partial charge in [0.25, 0.3) is 0 Å². The van der Waals surface area contributed by atoms with Crippen molar-refractivity contribution in [2.45, 2.75) is 130 Å². The van der Waals surface area contributed by atoms with Gasteiger partial charge in [-0.2, -0.15) is 0 Å². The van der Waals surface area contributed by atoms with E-state index < -0.39 is 18.4 Å². The molecule has 2 fully saturated rings. The molecule has 0 heterocycles. The van der Waals surface area contributed by atoms with Crippen LogP contribution in [-0.2, 0) is 11.2 Å². The molecule has 3 aliphatic rings. The van der Waals surface area contributed by atoms with Crippen molar-refractivity contribution in [3.63, 3.8) is 0 Å². The monoisotopic (exact) mass is 618 g/mol. The van der Waals surface area contributed by atoms with E-state index in [9.17, 15) is 10.2 Å². The summed E-state index contributed by atoms with van der Waals surface area (Å²) in [6.45, 7) is 9.30. The van der Waals surface area contributed by atoms with Gasteiger partial charge in [-0.3, -0.25) is 0 Å². The van der Waals surface area contributed by atoms with Crippen LogP contribution < -0.4 is 0 Å². The number of aromatic hydroxyl groups is 1. The first-order valence-electron chi connectivity index (χ1n) is 15.6. The molecule has 3 nitrogen and oxygen atoms in total. The van der Waals surface area contributed by atoms with Crippen LogP contribution in [0, 0.1) is 17.3 Å². The van der Waals surface area contributed by atoms with Crippen LogP contribution >= 0.6 is 0 Å². The van der Waals surface area contributed by atoms with E-state index in [1.54, 1.807) is 0 Å². The van der Waals surface area contributed by atoms with Gasteiger partial charge in [-0.1, -0.05) is 0 Å². The van der Waals surface area contributed by atoms with Gasteiger partial charge in [0.1, 0.15) is 0 Å². The summed E-state index contributed by atoms with van der Waals surface area (Å²) in [7, 11) is 1.86. The summed E-state index contributed by atoms with van der Waals surface area (Å²) in [6.07, 6.45) is 15.4. The molecular weight excluding hydrogens is 563 g/mol. The zero-order chi connectivity index (χ0) is 26.6. The number of fused-ring (bicyclic) bond motifs is 5. The molecule has 208 valence electrons. The Hall–Kier alpha value is -0.521. The average Bonchev–Trinajstić information content (AvgIpc) is 3.20. The van der Waals surface area contributed by atoms with E-state index in [2.05, 4.69) is 50.0 Å². The second-order valence-corrected chi connectivity index (χ2v) is 26.0. The van der Waals surface area contributed by atoms with Gasteiger partial charge in [0.05, 0.1) is 0 Å². The van der Waals surface area contributed by atoms with Crippen LogP contribution in [0.25, 0.3) is 6.08 Å². The molecule has 0 aromatic heterocycles. The van der Waals surface area contributed by atoms with Crippen LogP contribution in [0.1, 0.15) is 115 Å². The Kier molecular flexibility index (Phi) is 10.2. The van der Waals surface area contributed by atoms with Gasteiger partial charge in [0.15, 0.2) is 0 Å². The maximum atomic E-state index is 11.1. The summed E-state index contributed by atoms with van der Waals surface area (Å²) in [5.41, 5.74) is 3.74. The van der Waals surface area contributed by atoms with Crippen molar-refractivity contribution in [1.82, 2.24) is 0 Å². The third kappa shape index (κ3) is 5.99. The zero-order valence-electron chi connectivity index (χ0n) is 24.4. The molecule has 2 N–H and O–H groups in total. The zero-order valence-corrected chi connectivity index (χ0v) is 27.3. The van der Waals surface area contributed by atoms with Crippen molar-refractivity contribution in [3.05, 3.63) is 32.9 Å². The van der Waals surface area contributed by atoms with Crippen molar-refractivity contribution < 1.29 is 14.9 Å². The number of aryl methyl sites for hydroxylation is 1. The van der Waals surface area contributed by atoms with Crippen LogP contribution in [0.15, 0.2) is 16.2 Å². The van der Waals surface area contributed by atoms with Crippen molar-refractivity contribution in [2.24, 2.45) is 17.3 Å². The Morgan fingerprint density at radius 3 is 2.24 bits per heavy atom. The van der Waals surface area contributed by atoms with Gasteiger partial charge in [0.2, 0.25) is 0 Å². The number of phenols is 1. The normalized spacial score (nSPS) is 31.4. The molecule has 3 aliphatic carbocycles. The SMILES string of the molecule is CCC[CH2][Sn](/[CH]=C\c1cc2c(cc1O)CC[C@@H]1[C@@H]2[C@@H](OC)C[C@]2(C)[C@@H](O)CC[C@@H]12)([CH2]CCC)[CH2]CCC. The van der Waals surface area contributed by atoms with Gasteiger partial charge >= 0.3 is 232 Å². The fourth-order valence-electron chi connectivity index (χ4n) is 8.49. The Labute approximate surface area is 231 Å².